The minimum Gasteiger partial charge on any atom is -0.490 e. The second-order valence-electron chi connectivity index (χ2n) is 4.67. The van der Waals surface area contributed by atoms with E-state index in [0.717, 1.165) is 12.2 Å². The van der Waals surface area contributed by atoms with Crippen LogP contribution in [0.3, 0.4) is 0 Å². The van der Waals surface area contributed by atoms with Gasteiger partial charge in [-0.05, 0) is 37.3 Å². The quantitative estimate of drug-likeness (QED) is 0.594. The van der Waals surface area contributed by atoms with Gasteiger partial charge in [-0.2, -0.15) is 0 Å². The van der Waals surface area contributed by atoms with Crippen molar-refractivity contribution in [2.45, 2.75) is 38.7 Å². The maximum absolute atomic E-state index is 10.5. The first-order valence-electron chi connectivity index (χ1n) is 6.08. The van der Waals surface area contributed by atoms with E-state index in [0.29, 0.717) is 5.92 Å². The summed E-state index contributed by atoms with van der Waals surface area (Å²) in [6.07, 6.45) is 5.03. The van der Waals surface area contributed by atoms with Crippen molar-refractivity contribution < 1.29 is 9.66 Å². The van der Waals surface area contributed by atoms with Crippen LogP contribution in [0.4, 0.5) is 5.69 Å². The molecule has 0 bridgehead atoms. The predicted molar refractivity (Wildman–Crippen MR) is 65.1 cm³/mol. The van der Waals surface area contributed by atoms with Gasteiger partial charge in [0.1, 0.15) is 11.9 Å². The fourth-order valence-electron chi connectivity index (χ4n) is 2.28. The van der Waals surface area contributed by atoms with E-state index in [9.17, 15) is 10.1 Å². The third kappa shape index (κ3) is 2.96. The number of nitro benzene ring substituents is 1. The van der Waals surface area contributed by atoms with E-state index < -0.39 is 4.92 Å². The van der Waals surface area contributed by atoms with E-state index in [-0.39, 0.29) is 11.8 Å². The van der Waals surface area contributed by atoms with E-state index in [2.05, 4.69) is 6.92 Å². The Morgan fingerprint density at radius 3 is 2.47 bits per heavy atom. The van der Waals surface area contributed by atoms with Crippen molar-refractivity contribution in [1.29, 1.82) is 0 Å². The second kappa shape index (κ2) is 5.17. The van der Waals surface area contributed by atoms with Gasteiger partial charge in [-0.25, -0.2) is 0 Å². The van der Waals surface area contributed by atoms with E-state index >= 15 is 0 Å². The van der Waals surface area contributed by atoms with Crippen molar-refractivity contribution in [2.75, 3.05) is 0 Å². The lowest BCUT2D eigenvalue weighted by molar-refractivity contribution is -0.384. The first-order valence-corrected chi connectivity index (χ1v) is 6.08. The number of hydrogen-bond donors (Lipinski definition) is 0. The number of nitro groups is 1. The van der Waals surface area contributed by atoms with Crippen LogP contribution >= 0.6 is 0 Å². The van der Waals surface area contributed by atoms with Gasteiger partial charge in [-0.1, -0.05) is 13.3 Å². The van der Waals surface area contributed by atoms with Crippen molar-refractivity contribution in [3.63, 3.8) is 0 Å². The fourth-order valence-corrected chi connectivity index (χ4v) is 2.28. The van der Waals surface area contributed by atoms with Crippen LogP contribution in [0.2, 0.25) is 0 Å². The zero-order valence-corrected chi connectivity index (χ0v) is 9.96. The number of nitrogens with zero attached hydrogens (tertiary/aromatic N) is 1. The molecule has 1 saturated carbocycles. The molecule has 0 aliphatic heterocycles. The van der Waals surface area contributed by atoms with Gasteiger partial charge in [-0.15, -0.1) is 0 Å². The molecule has 1 aliphatic carbocycles. The zero-order valence-electron chi connectivity index (χ0n) is 9.96. The summed E-state index contributed by atoms with van der Waals surface area (Å²) in [6.45, 7) is 2.20. The first kappa shape index (κ1) is 11.9. The number of hydrogen-bond acceptors (Lipinski definition) is 3. The molecule has 1 aromatic rings. The van der Waals surface area contributed by atoms with Gasteiger partial charge < -0.3 is 4.74 Å². The average molecular weight is 235 g/mol. The average Bonchev–Trinajstić information content (AvgIpc) is 2.33. The standard InChI is InChI=1S/C13H17NO3/c1-10-4-2-3-5-13(10)17-12-8-6-11(7-9-12)14(15)16/h6-10,13H,2-5H2,1H3. The van der Waals surface area contributed by atoms with Crippen LogP contribution in [-0.2, 0) is 0 Å². The topological polar surface area (TPSA) is 52.4 Å². The van der Waals surface area contributed by atoms with Gasteiger partial charge in [0.05, 0.1) is 4.92 Å². The van der Waals surface area contributed by atoms with Gasteiger partial charge >= 0.3 is 0 Å². The second-order valence-corrected chi connectivity index (χ2v) is 4.67. The number of non-ortho nitro benzene ring substituents is 1. The zero-order chi connectivity index (χ0) is 12.3. The monoisotopic (exact) mass is 235 g/mol. The van der Waals surface area contributed by atoms with Crippen LogP contribution in [0.5, 0.6) is 5.75 Å². The van der Waals surface area contributed by atoms with Crippen LogP contribution in [0, 0.1) is 16.0 Å². The minimum absolute atomic E-state index is 0.106. The van der Waals surface area contributed by atoms with Crippen LogP contribution in [0.25, 0.3) is 0 Å². The summed E-state index contributed by atoms with van der Waals surface area (Å²) >= 11 is 0. The number of benzene rings is 1. The highest BCUT2D eigenvalue weighted by Gasteiger charge is 2.22. The molecule has 0 aromatic heterocycles. The van der Waals surface area contributed by atoms with Crippen molar-refractivity contribution in [3.05, 3.63) is 34.4 Å². The molecule has 1 fully saturated rings. The maximum atomic E-state index is 10.5. The van der Waals surface area contributed by atoms with Gasteiger partial charge in [-0.3, -0.25) is 10.1 Å². The molecular formula is C13H17NO3. The summed E-state index contributed by atoms with van der Waals surface area (Å²) in [7, 11) is 0. The predicted octanol–water partition coefficient (Wildman–Crippen LogP) is 3.55. The molecule has 0 spiro atoms. The molecule has 0 amide bonds. The van der Waals surface area contributed by atoms with E-state index in [4.69, 9.17) is 4.74 Å². The lowest BCUT2D eigenvalue weighted by Gasteiger charge is -2.29. The molecule has 4 nitrogen and oxygen atoms in total. The molecule has 2 rings (SSSR count). The van der Waals surface area contributed by atoms with E-state index in [1.54, 1.807) is 12.1 Å². The fraction of sp³-hybridized carbons (Fsp3) is 0.538. The van der Waals surface area contributed by atoms with Gasteiger partial charge in [0, 0.05) is 12.1 Å². The summed E-state index contributed by atoms with van der Waals surface area (Å²) in [4.78, 5) is 10.1. The number of ether oxygens (including phenoxy) is 1. The molecule has 4 heteroatoms. The molecule has 0 saturated heterocycles. The Morgan fingerprint density at radius 1 is 1.24 bits per heavy atom. The van der Waals surface area contributed by atoms with Crippen LogP contribution < -0.4 is 4.74 Å². The highest BCUT2D eigenvalue weighted by Crippen LogP contribution is 2.28. The van der Waals surface area contributed by atoms with Crippen molar-refractivity contribution in [2.24, 2.45) is 5.92 Å². The highest BCUT2D eigenvalue weighted by atomic mass is 16.6. The first-order chi connectivity index (χ1) is 8.16. The Bertz CT molecular complexity index is 388. The molecule has 2 atom stereocenters. The maximum Gasteiger partial charge on any atom is 0.269 e. The molecule has 1 aliphatic rings. The third-order valence-corrected chi connectivity index (χ3v) is 3.37. The molecule has 2 unspecified atom stereocenters. The lowest BCUT2D eigenvalue weighted by atomic mass is 9.88. The molecule has 0 heterocycles. The summed E-state index contributed by atoms with van der Waals surface area (Å²) < 4.78 is 5.88. The third-order valence-electron chi connectivity index (χ3n) is 3.37. The summed E-state index contributed by atoms with van der Waals surface area (Å²) in [5, 5.41) is 10.5. The summed E-state index contributed by atoms with van der Waals surface area (Å²) in [5.74, 6) is 1.30. The van der Waals surface area contributed by atoms with Crippen molar-refractivity contribution >= 4 is 5.69 Å². The Hall–Kier alpha value is -1.58. The van der Waals surface area contributed by atoms with Crippen LogP contribution in [-0.4, -0.2) is 11.0 Å². The minimum atomic E-state index is -0.396. The molecular weight excluding hydrogens is 218 g/mol. The Labute approximate surface area is 101 Å². The Morgan fingerprint density at radius 2 is 1.88 bits per heavy atom. The number of rotatable bonds is 3. The lowest BCUT2D eigenvalue weighted by Crippen LogP contribution is -2.28. The molecule has 1 aromatic carbocycles. The van der Waals surface area contributed by atoms with Gasteiger partial charge in [0.2, 0.25) is 0 Å². The van der Waals surface area contributed by atoms with Crippen LogP contribution in [0.1, 0.15) is 32.6 Å². The van der Waals surface area contributed by atoms with Gasteiger partial charge in [0.25, 0.3) is 5.69 Å². The van der Waals surface area contributed by atoms with Gasteiger partial charge in [0.15, 0.2) is 0 Å². The summed E-state index contributed by atoms with van der Waals surface area (Å²) in [6, 6.07) is 6.34. The molecule has 17 heavy (non-hydrogen) atoms. The summed E-state index contributed by atoms with van der Waals surface area (Å²) in [5.41, 5.74) is 0.106. The van der Waals surface area contributed by atoms with Crippen molar-refractivity contribution in [3.8, 4) is 5.75 Å². The molecule has 0 N–H and O–H groups in total. The SMILES string of the molecule is CC1CCCCC1Oc1ccc([N+](=O)[O-])cc1. The van der Waals surface area contributed by atoms with E-state index in [1.807, 2.05) is 0 Å². The Kier molecular flexibility index (Phi) is 3.61. The van der Waals surface area contributed by atoms with Crippen LogP contribution in [0.15, 0.2) is 24.3 Å². The Balaban J connectivity index is 2.00. The highest BCUT2D eigenvalue weighted by molar-refractivity contribution is 5.36. The smallest absolute Gasteiger partial charge is 0.269 e. The molecule has 92 valence electrons. The normalized spacial score (nSPS) is 24.3. The molecule has 0 radical (unpaired) electrons. The van der Waals surface area contributed by atoms with Crippen molar-refractivity contribution in [1.82, 2.24) is 0 Å². The largest absolute Gasteiger partial charge is 0.490 e. The van der Waals surface area contributed by atoms with E-state index in [1.165, 1.54) is 31.4 Å².